The van der Waals surface area contributed by atoms with E-state index in [1.807, 2.05) is 46.7 Å². The second-order valence-electron chi connectivity index (χ2n) is 9.31. The van der Waals surface area contributed by atoms with E-state index >= 15 is 0 Å². The van der Waals surface area contributed by atoms with Gasteiger partial charge in [-0.1, -0.05) is 71.8 Å². The number of thiazole rings is 1. The summed E-state index contributed by atoms with van der Waals surface area (Å²) in [6, 6.07) is 23.1. The quantitative estimate of drug-likeness (QED) is 0.277. The van der Waals surface area contributed by atoms with Crippen LogP contribution in [0.1, 0.15) is 39.8 Å². The topological polar surface area (TPSA) is 71.5 Å². The van der Waals surface area contributed by atoms with Crippen molar-refractivity contribution in [3.8, 4) is 16.9 Å². The molecule has 0 saturated carbocycles. The molecule has 0 radical (unpaired) electrons. The van der Waals surface area contributed by atoms with Crippen LogP contribution in [-0.2, 0) is 4.79 Å². The van der Waals surface area contributed by atoms with Gasteiger partial charge >= 0.3 is 0 Å². The average molecular weight is 546 g/mol. The minimum atomic E-state index is -0.226. The molecule has 1 aliphatic heterocycles. The van der Waals surface area contributed by atoms with Crippen LogP contribution in [0.5, 0.6) is 5.75 Å². The van der Waals surface area contributed by atoms with Gasteiger partial charge in [-0.25, -0.2) is 4.98 Å². The van der Waals surface area contributed by atoms with Crippen LogP contribution in [0.15, 0.2) is 78.2 Å². The van der Waals surface area contributed by atoms with E-state index in [1.54, 1.807) is 12.1 Å². The molecule has 38 heavy (non-hydrogen) atoms. The zero-order valence-electron chi connectivity index (χ0n) is 21.0. The molecule has 1 N–H and O–H groups in total. The molecule has 6 nitrogen and oxygen atoms in total. The lowest BCUT2D eigenvalue weighted by Gasteiger charge is -2.31. The number of anilines is 1. The molecule has 8 heteroatoms. The second kappa shape index (κ2) is 11.8. The van der Waals surface area contributed by atoms with Crippen LogP contribution >= 0.6 is 22.9 Å². The Morgan fingerprint density at radius 2 is 1.74 bits per heavy atom. The Morgan fingerprint density at radius 1 is 1.03 bits per heavy atom. The van der Waals surface area contributed by atoms with E-state index < -0.39 is 0 Å². The number of benzene rings is 3. The number of nitrogens with zero attached hydrogens (tertiary/aromatic N) is 2. The largest absolute Gasteiger partial charge is 0.482 e. The lowest BCUT2D eigenvalue weighted by Crippen LogP contribution is -2.40. The number of likely N-dealkylation sites (tertiary alicyclic amines) is 1. The highest BCUT2D eigenvalue weighted by atomic mass is 35.5. The van der Waals surface area contributed by atoms with E-state index in [4.69, 9.17) is 16.3 Å². The minimum absolute atomic E-state index is 0.0416. The number of hydrogen-bond acceptors (Lipinski definition) is 5. The van der Waals surface area contributed by atoms with Gasteiger partial charge in [-0.15, -0.1) is 11.3 Å². The molecule has 4 aromatic rings. The van der Waals surface area contributed by atoms with Crippen molar-refractivity contribution in [2.75, 3.05) is 25.0 Å². The monoisotopic (exact) mass is 545 g/mol. The van der Waals surface area contributed by atoms with Crippen molar-refractivity contribution >= 4 is 40.4 Å². The summed E-state index contributed by atoms with van der Waals surface area (Å²) in [5, 5.41) is 6.27. The van der Waals surface area contributed by atoms with Crippen molar-refractivity contribution in [2.45, 2.75) is 25.7 Å². The van der Waals surface area contributed by atoms with Gasteiger partial charge in [0.2, 0.25) is 0 Å². The van der Waals surface area contributed by atoms with E-state index in [0.717, 1.165) is 34.7 Å². The highest BCUT2D eigenvalue weighted by molar-refractivity contribution is 7.10. The van der Waals surface area contributed by atoms with Gasteiger partial charge in [0.1, 0.15) is 11.4 Å². The highest BCUT2D eigenvalue weighted by Crippen LogP contribution is 2.32. The highest BCUT2D eigenvalue weighted by Gasteiger charge is 2.27. The number of carbonyl (C=O) groups excluding carboxylic acids is 2. The van der Waals surface area contributed by atoms with Crippen molar-refractivity contribution in [1.29, 1.82) is 0 Å². The van der Waals surface area contributed by atoms with Gasteiger partial charge < -0.3 is 15.0 Å². The Labute approximate surface area is 231 Å². The normalized spacial score (nSPS) is 13.8. The maximum Gasteiger partial charge on any atom is 0.275 e. The third kappa shape index (κ3) is 6.06. The number of halogens is 1. The molecule has 1 aromatic heterocycles. The van der Waals surface area contributed by atoms with Crippen LogP contribution in [0.25, 0.3) is 11.1 Å². The molecule has 1 saturated heterocycles. The molecule has 0 aliphatic carbocycles. The first-order chi connectivity index (χ1) is 18.5. The van der Waals surface area contributed by atoms with Crippen LogP contribution in [-0.4, -0.2) is 41.4 Å². The summed E-state index contributed by atoms with van der Waals surface area (Å²) in [7, 11) is 0. The number of hydrogen-bond donors (Lipinski definition) is 1. The first-order valence-corrected chi connectivity index (χ1v) is 13.8. The molecule has 3 aromatic carbocycles. The molecule has 1 aliphatic rings. The van der Waals surface area contributed by atoms with Gasteiger partial charge in [0.05, 0.1) is 10.0 Å². The molecule has 5 rings (SSSR count). The third-order valence-electron chi connectivity index (χ3n) is 6.68. The van der Waals surface area contributed by atoms with Crippen LogP contribution < -0.4 is 10.1 Å². The van der Waals surface area contributed by atoms with Crippen molar-refractivity contribution in [3.63, 3.8) is 0 Å². The van der Waals surface area contributed by atoms with Gasteiger partial charge in [-0.05, 0) is 43.5 Å². The zero-order chi connectivity index (χ0) is 26.5. The molecule has 0 atom stereocenters. The first-order valence-electron chi connectivity index (χ1n) is 12.6. The van der Waals surface area contributed by atoms with Crippen LogP contribution in [0.4, 0.5) is 5.69 Å². The van der Waals surface area contributed by atoms with Crippen molar-refractivity contribution in [1.82, 2.24) is 9.88 Å². The summed E-state index contributed by atoms with van der Waals surface area (Å²) in [4.78, 5) is 32.2. The van der Waals surface area contributed by atoms with E-state index in [-0.39, 0.29) is 24.3 Å². The SMILES string of the molecule is Cc1ccc(-c2ccccc2NC(=O)c2csc(C3CCN(C(=O)COc4ccccc4Cl)CC3)n2)cc1. The number of ether oxygens (including phenoxy) is 1. The molecule has 2 amide bonds. The van der Waals surface area contributed by atoms with Crippen LogP contribution in [0.3, 0.4) is 0 Å². The lowest BCUT2D eigenvalue weighted by molar-refractivity contribution is -0.134. The van der Waals surface area contributed by atoms with Crippen molar-refractivity contribution in [3.05, 3.63) is 99.5 Å². The summed E-state index contributed by atoms with van der Waals surface area (Å²) >= 11 is 7.61. The summed E-state index contributed by atoms with van der Waals surface area (Å²) in [5.41, 5.74) is 4.36. The Kier molecular flexibility index (Phi) is 8.05. The summed E-state index contributed by atoms with van der Waals surface area (Å²) in [6.07, 6.45) is 1.59. The second-order valence-corrected chi connectivity index (χ2v) is 10.6. The molecular weight excluding hydrogens is 518 g/mol. The molecule has 194 valence electrons. The Hall–Kier alpha value is -3.68. The molecule has 0 unspecified atom stereocenters. The summed E-state index contributed by atoms with van der Waals surface area (Å²) < 4.78 is 5.61. The number of aryl methyl sites for hydroxylation is 1. The van der Waals surface area contributed by atoms with Crippen LogP contribution in [0.2, 0.25) is 5.02 Å². The number of carbonyl (C=O) groups is 2. The molecule has 1 fully saturated rings. The van der Waals surface area contributed by atoms with Gasteiger partial charge in [0.25, 0.3) is 11.8 Å². The number of amides is 2. The standard InChI is InChI=1S/C30H28ClN3O3S/c1-20-10-12-21(13-11-20)23-6-2-4-8-25(23)32-29(36)26-19-38-30(33-26)22-14-16-34(17-15-22)28(35)18-37-27-9-5-3-7-24(27)31/h2-13,19,22H,14-18H2,1H3,(H,32,36). The van der Waals surface area contributed by atoms with Gasteiger partial charge in [0, 0.05) is 35.6 Å². The maximum absolute atomic E-state index is 13.1. The first kappa shape index (κ1) is 25.9. The van der Waals surface area contributed by atoms with Crippen molar-refractivity contribution < 1.29 is 14.3 Å². The Bertz CT molecular complexity index is 1430. The summed E-state index contributed by atoms with van der Waals surface area (Å²) in [6.45, 7) is 3.26. The predicted molar refractivity (Wildman–Crippen MR) is 152 cm³/mol. The fourth-order valence-electron chi connectivity index (χ4n) is 4.51. The average Bonchev–Trinajstić information content (AvgIpc) is 3.44. The smallest absolute Gasteiger partial charge is 0.275 e. The van der Waals surface area contributed by atoms with E-state index in [9.17, 15) is 9.59 Å². The molecule has 0 spiro atoms. The fraction of sp³-hybridized carbons (Fsp3) is 0.233. The Morgan fingerprint density at radius 3 is 2.50 bits per heavy atom. The van der Waals surface area contributed by atoms with E-state index in [2.05, 4.69) is 41.5 Å². The molecular formula is C30H28ClN3O3S. The number of nitrogens with one attached hydrogen (secondary N) is 1. The molecule has 0 bridgehead atoms. The number of piperidine rings is 1. The lowest BCUT2D eigenvalue weighted by atomic mass is 9.97. The number of aromatic nitrogens is 1. The maximum atomic E-state index is 13.1. The van der Waals surface area contributed by atoms with Gasteiger partial charge in [0.15, 0.2) is 6.61 Å². The van der Waals surface area contributed by atoms with Gasteiger partial charge in [-0.3, -0.25) is 9.59 Å². The summed E-state index contributed by atoms with van der Waals surface area (Å²) in [5.74, 6) is 0.439. The van der Waals surface area contributed by atoms with Crippen LogP contribution in [0, 0.1) is 6.92 Å². The van der Waals surface area contributed by atoms with Crippen molar-refractivity contribution in [2.24, 2.45) is 0 Å². The predicted octanol–water partition coefficient (Wildman–Crippen LogP) is 6.81. The molecule has 2 heterocycles. The van der Waals surface area contributed by atoms with E-state index in [0.29, 0.717) is 29.6 Å². The third-order valence-corrected chi connectivity index (χ3v) is 8.00. The fourth-order valence-corrected chi connectivity index (χ4v) is 5.67. The zero-order valence-corrected chi connectivity index (χ0v) is 22.6. The minimum Gasteiger partial charge on any atom is -0.482 e. The Balaban J connectivity index is 1.17. The van der Waals surface area contributed by atoms with E-state index in [1.165, 1.54) is 16.9 Å². The number of para-hydroxylation sites is 2. The van der Waals surface area contributed by atoms with Gasteiger partial charge in [-0.2, -0.15) is 0 Å². The number of rotatable bonds is 7.